The molecular weight excluding hydrogens is 208 g/mol. The zero-order chi connectivity index (χ0) is 11.5. The third-order valence-electron chi connectivity index (χ3n) is 2.94. The molecule has 0 amide bonds. The lowest BCUT2D eigenvalue weighted by Gasteiger charge is -2.15. The van der Waals surface area contributed by atoms with E-state index < -0.39 is 6.43 Å². The third kappa shape index (κ3) is 3.19. The minimum atomic E-state index is -2.39. The highest BCUT2D eigenvalue weighted by atomic mass is 19.3. The van der Waals surface area contributed by atoms with Gasteiger partial charge in [0.15, 0.2) is 0 Å². The van der Waals surface area contributed by atoms with Gasteiger partial charge in [-0.15, -0.1) is 0 Å². The number of nitrogens with one attached hydrogen (secondary N) is 1. The van der Waals surface area contributed by atoms with Crippen LogP contribution in [-0.2, 0) is 0 Å². The Hall–Kier alpha value is -1.12. The topological polar surface area (TPSA) is 12.0 Å². The van der Waals surface area contributed by atoms with Crippen LogP contribution in [-0.4, -0.2) is 6.04 Å². The van der Waals surface area contributed by atoms with Crippen molar-refractivity contribution in [3.05, 3.63) is 29.8 Å². The Morgan fingerprint density at radius 2 is 2.12 bits per heavy atom. The van der Waals surface area contributed by atoms with E-state index >= 15 is 0 Å². The highest BCUT2D eigenvalue weighted by molar-refractivity contribution is 5.46. The summed E-state index contributed by atoms with van der Waals surface area (Å²) in [6.45, 7) is 2.10. The molecule has 0 radical (unpaired) electrons. The summed E-state index contributed by atoms with van der Waals surface area (Å²) in [6, 6.07) is 6.87. The Morgan fingerprint density at radius 1 is 1.38 bits per heavy atom. The van der Waals surface area contributed by atoms with Crippen LogP contribution in [0.2, 0.25) is 0 Å². The molecule has 1 N–H and O–H groups in total. The number of halogens is 2. The molecule has 3 heteroatoms. The average Bonchev–Trinajstić information content (AvgIpc) is 3.01. The van der Waals surface area contributed by atoms with Gasteiger partial charge in [-0.2, -0.15) is 0 Å². The Balaban J connectivity index is 1.94. The van der Waals surface area contributed by atoms with E-state index in [0.29, 0.717) is 6.04 Å². The van der Waals surface area contributed by atoms with Gasteiger partial charge in [0.1, 0.15) is 0 Å². The van der Waals surface area contributed by atoms with E-state index in [2.05, 4.69) is 12.2 Å². The smallest absolute Gasteiger partial charge is 0.263 e. The fraction of sp³-hybridized carbons (Fsp3) is 0.538. The monoisotopic (exact) mass is 225 g/mol. The van der Waals surface area contributed by atoms with E-state index in [1.807, 2.05) is 6.07 Å². The minimum absolute atomic E-state index is 0.0867. The number of benzene rings is 1. The van der Waals surface area contributed by atoms with Gasteiger partial charge < -0.3 is 5.32 Å². The van der Waals surface area contributed by atoms with Crippen molar-refractivity contribution >= 4 is 5.69 Å². The van der Waals surface area contributed by atoms with Gasteiger partial charge >= 0.3 is 0 Å². The lowest BCUT2D eigenvalue weighted by Crippen LogP contribution is -2.15. The van der Waals surface area contributed by atoms with E-state index in [4.69, 9.17) is 0 Å². The minimum Gasteiger partial charge on any atom is -0.383 e. The highest BCUT2D eigenvalue weighted by Gasteiger charge is 2.23. The summed E-state index contributed by atoms with van der Waals surface area (Å²) in [4.78, 5) is 0. The van der Waals surface area contributed by atoms with Gasteiger partial charge in [0.2, 0.25) is 0 Å². The number of anilines is 1. The van der Waals surface area contributed by atoms with Crippen LogP contribution >= 0.6 is 0 Å². The molecule has 16 heavy (non-hydrogen) atoms. The van der Waals surface area contributed by atoms with Crippen molar-refractivity contribution in [1.82, 2.24) is 0 Å². The van der Waals surface area contributed by atoms with Crippen LogP contribution < -0.4 is 5.32 Å². The van der Waals surface area contributed by atoms with Gasteiger partial charge in [-0.3, -0.25) is 0 Å². The number of hydrogen-bond donors (Lipinski definition) is 1. The molecule has 1 atom stereocenters. The van der Waals surface area contributed by atoms with Crippen LogP contribution in [0.5, 0.6) is 0 Å². The molecule has 1 nitrogen and oxygen atoms in total. The molecule has 0 heterocycles. The summed E-state index contributed by atoms with van der Waals surface area (Å²) < 4.78 is 25.0. The van der Waals surface area contributed by atoms with Crippen LogP contribution in [0.4, 0.5) is 14.5 Å². The van der Waals surface area contributed by atoms with E-state index in [1.165, 1.54) is 25.0 Å². The highest BCUT2D eigenvalue weighted by Crippen LogP contribution is 2.34. The molecule has 88 valence electrons. The van der Waals surface area contributed by atoms with Crippen LogP contribution in [0.3, 0.4) is 0 Å². The largest absolute Gasteiger partial charge is 0.383 e. The van der Waals surface area contributed by atoms with E-state index in [9.17, 15) is 8.78 Å². The normalized spacial score (nSPS) is 17.5. The number of hydrogen-bond acceptors (Lipinski definition) is 1. The molecule has 0 spiro atoms. The summed E-state index contributed by atoms with van der Waals surface area (Å²) in [6.07, 6.45) is 1.39. The molecule has 1 unspecified atom stereocenters. The quantitative estimate of drug-likeness (QED) is 0.791. The van der Waals surface area contributed by atoms with Crippen LogP contribution in [0.25, 0.3) is 0 Å². The summed E-state index contributed by atoms with van der Waals surface area (Å²) in [7, 11) is 0. The molecular formula is C13H17F2N. The number of alkyl halides is 2. The average molecular weight is 225 g/mol. The SMILES string of the molecule is CC(CC1CC1)Nc1cccc(C(F)F)c1. The first kappa shape index (κ1) is 11.4. The molecule has 1 aromatic rings. The van der Waals surface area contributed by atoms with Crippen molar-refractivity contribution in [3.8, 4) is 0 Å². The zero-order valence-electron chi connectivity index (χ0n) is 9.42. The lowest BCUT2D eigenvalue weighted by molar-refractivity contribution is 0.151. The van der Waals surface area contributed by atoms with Gasteiger partial charge in [-0.1, -0.05) is 25.0 Å². The van der Waals surface area contributed by atoms with Crippen molar-refractivity contribution in [2.75, 3.05) is 5.32 Å². The maximum Gasteiger partial charge on any atom is 0.263 e. The molecule has 1 fully saturated rings. The summed E-state index contributed by atoms with van der Waals surface area (Å²) in [5.41, 5.74) is 0.884. The molecule has 0 aromatic heterocycles. The Morgan fingerprint density at radius 3 is 2.75 bits per heavy atom. The van der Waals surface area contributed by atoms with E-state index in [-0.39, 0.29) is 5.56 Å². The van der Waals surface area contributed by atoms with Crippen LogP contribution in [0.15, 0.2) is 24.3 Å². The van der Waals surface area contributed by atoms with Crippen molar-refractivity contribution in [1.29, 1.82) is 0 Å². The van der Waals surface area contributed by atoms with Gasteiger partial charge in [0, 0.05) is 17.3 Å². The Labute approximate surface area is 94.9 Å². The molecule has 1 aliphatic carbocycles. The van der Waals surface area contributed by atoms with Crippen molar-refractivity contribution in [2.24, 2.45) is 5.92 Å². The van der Waals surface area contributed by atoms with Gasteiger partial charge in [0.05, 0.1) is 0 Å². The fourth-order valence-electron chi connectivity index (χ4n) is 1.96. The van der Waals surface area contributed by atoms with Gasteiger partial charge in [0.25, 0.3) is 6.43 Å². The molecule has 0 bridgehead atoms. The van der Waals surface area contributed by atoms with Gasteiger partial charge in [-0.05, 0) is 31.4 Å². The molecule has 2 rings (SSSR count). The Bertz CT molecular complexity index is 348. The Kier molecular flexibility index (Phi) is 3.42. The lowest BCUT2D eigenvalue weighted by atomic mass is 10.1. The van der Waals surface area contributed by atoms with Gasteiger partial charge in [-0.25, -0.2) is 8.78 Å². The first-order chi connectivity index (χ1) is 7.65. The first-order valence-corrected chi connectivity index (χ1v) is 5.80. The van der Waals surface area contributed by atoms with Crippen LogP contribution in [0, 0.1) is 5.92 Å². The zero-order valence-corrected chi connectivity index (χ0v) is 9.42. The fourth-order valence-corrected chi connectivity index (χ4v) is 1.96. The molecule has 0 saturated heterocycles. The second-order valence-electron chi connectivity index (χ2n) is 4.65. The number of rotatable bonds is 5. The maximum atomic E-state index is 12.5. The second kappa shape index (κ2) is 4.81. The maximum absolute atomic E-state index is 12.5. The van der Waals surface area contributed by atoms with Crippen molar-refractivity contribution in [2.45, 2.75) is 38.7 Å². The molecule has 1 aliphatic rings. The van der Waals surface area contributed by atoms with Crippen LogP contribution in [0.1, 0.15) is 38.2 Å². The molecule has 0 aliphatic heterocycles. The predicted octanol–water partition coefficient (Wildman–Crippen LogP) is 4.22. The molecule has 1 saturated carbocycles. The third-order valence-corrected chi connectivity index (χ3v) is 2.94. The molecule has 1 aromatic carbocycles. The van der Waals surface area contributed by atoms with E-state index in [0.717, 1.165) is 18.0 Å². The summed E-state index contributed by atoms with van der Waals surface area (Å²) in [5.74, 6) is 0.848. The predicted molar refractivity (Wildman–Crippen MR) is 61.8 cm³/mol. The van der Waals surface area contributed by atoms with Crippen molar-refractivity contribution in [3.63, 3.8) is 0 Å². The standard InChI is InChI=1S/C13H17F2N/c1-9(7-10-5-6-10)16-12-4-2-3-11(8-12)13(14)15/h2-4,8-10,13,16H,5-7H2,1H3. The van der Waals surface area contributed by atoms with Crippen molar-refractivity contribution < 1.29 is 8.78 Å². The van der Waals surface area contributed by atoms with E-state index in [1.54, 1.807) is 6.07 Å². The first-order valence-electron chi connectivity index (χ1n) is 5.80. The summed E-state index contributed by atoms with van der Waals surface area (Å²) in [5, 5.41) is 3.28. The second-order valence-corrected chi connectivity index (χ2v) is 4.65. The summed E-state index contributed by atoms with van der Waals surface area (Å²) >= 11 is 0.